The fourth-order valence-electron chi connectivity index (χ4n) is 3.21. The van der Waals surface area contributed by atoms with Gasteiger partial charge in [0.1, 0.15) is 11.1 Å². The molecule has 0 saturated heterocycles. The second kappa shape index (κ2) is 8.63. The van der Waals surface area contributed by atoms with Crippen LogP contribution in [0.4, 0.5) is 5.00 Å². The van der Waals surface area contributed by atoms with E-state index in [0.717, 1.165) is 31.2 Å². The Labute approximate surface area is 163 Å². The van der Waals surface area contributed by atoms with E-state index in [1.165, 1.54) is 11.3 Å². The van der Waals surface area contributed by atoms with E-state index in [-0.39, 0.29) is 5.91 Å². The maximum Gasteiger partial charge on any atom is 0.242 e. The van der Waals surface area contributed by atoms with E-state index in [4.69, 9.17) is 4.52 Å². The molecule has 0 fully saturated rings. The average Bonchev–Trinajstić information content (AvgIpc) is 3.17. The Balaban J connectivity index is 1.68. The molecule has 144 valence electrons. The summed E-state index contributed by atoms with van der Waals surface area (Å²) in [6.45, 7) is 4.19. The molecule has 1 atom stereocenters. The number of nitriles is 1. The van der Waals surface area contributed by atoms with Gasteiger partial charge in [0.2, 0.25) is 11.8 Å². The van der Waals surface area contributed by atoms with E-state index in [0.29, 0.717) is 35.2 Å². The lowest BCUT2D eigenvalue weighted by molar-refractivity contribution is -0.120. The summed E-state index contributed by atoms with van der Waals surface area (Å²) >= 11 is 1.55. The van der Waals surface area contributed by atoms with Crippen LogP contribution in [0, 0.1) is 11.3 Å². The van der Waals surface area contributed by atoms with Gasteiger partial charge in [0.25, 0.3) is 0 Å². The Bertz CT molecular complexity index is 851. The van der Waals surface area contributed by atoms with Crippen LogP contribution in [0.3, 0.4) is 0 Å². The van der Waals surface area contributed by atoms with Crippen LogP contribution >= 0.6 is 11.3 Å². The largest absolute Gasteiger partial charge is 0.338 e. The zero-order chi connectivity index (χ0) is 19.4. The topological polar surface area (TPSA) is 95.0 Å². The molecule has 1 aliphatic rings. The van der Waals surface area contributed by atoms with Crippen molar-refractivity contribution in [2.75, 3.05) is 12.4 Å². The summed E-state index contributed by atoms with van der Waals surface area (Å²) in [7, 11) is 1.84. The molecule has 8 heteroatoms. The molecule has 27 heavy (non-hydrogen) atoms. The lowest BCUT2D eigenvalue weighted by Gasteiger charge is -2.21. The first-order valence-electron chi connectivity index (χ1n) is 9.40. The number of thiophene rings is 1. The smallest absolute Gasteiger partial charge is 0.242 e. The van der Waals surface area contributed by atoms with Crippen LogP contribution in [0.15, 0.2) is 4.52 Å². The van der Waals surface area contributed by atoms with Crippen molar-refractivity contribution < 1.29 is 9.32 Å². The fraction of sp³-hybridized carbons (Fsp3) is 0.579. The minimum Gasteiger partial charge on any atom is -0.338 e. The average molecular weight is 388 g/mol. The SMILES string of the molecule is CCc1noc(CN(C)C(C)C(=O)Nc2sc3c(c2C#N)CCCCC3)n1. The Kier molecular flexibility index (Phi) is 6.24. The predicted octanol–water partition coefficient (Wildman–Crippen LogP) is 3.29. The van der Waals surface area contributed by atoms with Gasteiger partial charge in [0.15, 0.2) is 5.82 Å². The first-order valence-corrected chi connectivity index (χ1v) is 10.2. The summed E-state index contributed by atoms with van der Waals surface area (Å²) in [6, 6.07) is 1.91. The summed E-state index contributed by atoms with van der Waals surface area (Å²) in [5.74, 6) is 1.02. The number of amides is 1. The van der Waals surface area contributed by atoms with Gasteiger partial charge in [-0.2, -0.15) is 10.2 Å². The van der Waals surface area contributed by atoms with Gasteiger partial charge in [-0.3, -0.25) is 9.69 Å². The van der Waals surface area contributed by atoms with Gasteiger partial charge in [0, 0.05) is 11.3 Å². The number of hydrogen-bond acceptors (Lipinski definition) is 7. The number of nitrogens with one attached hydrogen (secondary N) is 1. The molecular weight excluding hydrogens is 362 g/mol. The van der Waals surface area contributed by atoms with Crippen LogP contribution < -0.4 is 5.32 Å². The van der Waals surface area contributed by atoms with Crippen LogP contribution in [-0.2, 0) is 30.6 Å². The maximum atomic E-state index is 12.7. The van der Waals surface area contributed by atoms with Crippen LogP contribution in [0.2, 0.25) is 0 Å². The lowest BCUT2D eigenvalue weighted by atomic mass is 10.1. The van der Waals surface area contributed by atoms with Crippen LogP contribution in [0.1, 0.15) is 60.8 Å². The number of anilines is 1. The molecule has 1 amide bonds. The second-order valence-electron chi connectivity index (χ2n) is 6.92. The van der Waals surface area contributed by atoms with Crippen molar-refractivity contribution in [3.8, 4) is 6.07 Å². The third-order valence-electron chi connectivity index (χ3n) is 5.02. The number of hydrogen-bond donors (Lipinski definition) is 1. The quantitative estimate of drug-likeness (QED) is 0.764. The van der Waals surface area contributed by atoms with E-state index in [1.54, 1.807) is 11.3 Å². The highest BCUT2D eigenvalue weighted by molar-refractivity contribution is 7.16. The third-order valence-corrected chi connectivity index (χ3v) is 6.23. The molecule has 0 spiro atoms. The number of carbonyl (C=O) groups excluding carboxylic acids is 1. The number of rotatable bonds is 6. The number of likely N-dealkylation sites (N-methyl/N-ethyl adjacent to an activating group) is 1. The molecule has 2 aromatic rings. The molecule has 1 unspecified atom stereocenters. The molecular formula is C19H25N5O2S. The maximum absolute atomic E-state index is 12.7. The highest BCUT2D eigenvalue weighted by Crippen LogP contribution is 2.37. The van der Waals surface area contributed by atoms with E-state index < -0.39 is 6.04 Å². The fourth-order valence-corrected chi connectivity index (χ4v) is 4.46. The molecule has 1 aliphatic carbocycles. The molecule has 0 radical (unpaired) electrons. The molecule has 0 saturated carbocycles. The molecule has 3 rings (SSSR count). The summed E-state index contributed by atoms with van der Waals surface area (Å²) in [4.78, 5) is 20.1. The summed E-state index contributed by atoms with van der Waals surface area (Å²) < 4.78 is 5.20. The predicted molar refractivity (Wildman–Crippen MR) is 104 cm³/mol. The van der Waals surface area contributed by atoms with E-state index in [1.807, 2.05) is 25.8 Å². The van der Waals surface area contributed by atoms with Crippen molar-refractivity contribution in [1.82, 2.24) is 15.0 Å². The van der Waals surface area contributed by atoms with Crippen LogP contribution in [0.25, 0.3) is 0 Å². The van der Waals surface area contributed by atoms with Gasteiger partial charge in [-0.15, -0.1) is 11.3 Å². The summed E-state index contributed by atoms with van der Waals surface area (Å²) in [5.41, 5.74) is 1.78. The van der Waals surface area contributed by atoms with Gasteiger partial charge in [-0.05, 0) is 45.2 Å². The van der Waals surface area contributed by atoms with Crippen LogP contribution in [-0.4, -0.2) is 34.0 Å². The summed E-state index contributed by atoms with van der Waals surface area (Å²) in [6.07, 6.45) is 6.09. The Morgan fingerprint density at radius 1 is 1.41 bits per heavy atom. The zero-order valence-corrected chi connectivity index (χ0v) is 16.9. The van der Waals surface area contributed by atoms with Gasteiger partial charge in [-0.1, -0.05) is 18.5 Å². The molecule has 0 aromatic carbocycles. The third kappa shape index (κ3) is 4.37. The van der Waals surface area contributed by atoms with E-state index >= 15 is 0 Å². The van der Waals surface area contributed by atoms with E-state index in [9.17, 15) is 10.1 Å². The van der Waals surface area contributed by atoms with Crippen LogP contribution in [0.5, 0.6) is 0 Å². The van der Waals surface area contributed by atoms with Gasteiger partial charge in [0.05, 0.1) is 18.2 Å². The number of nitrogens with zero attached hydrogens (tertiary/aromatic N) is 4. The monoisotopic (exact) mass is 387 g/mol. The number of aromatic nitrogens is 2. The normalized spacial score (nSPS) is 15.1. The van der Waals surface area contributed by atoms with Gasteiger partial charge >= 0.3 is 0 Å². The number of carbonyl (C=O) groups is 1. The molecule has 0 bridgehead atoms. The Hall–Kier alpha value is -2.24. The van der Waals surface area contributed by atoms with Crippen molar-refractivity contribution >= 4 is 22.2 Å². The minimum atomic E-state index is -0.393. The first-order chi connectivity index (χ1) is 13.0. The Morgan fingerprint density at radius 2 is 2.19 bits per heavy atom. The Morgan fingerprint density at radius 3 is 2.89 bits per heavy atom. The first kappa shape index (κ1) is 19.5. The standard InChI is InChI=1S/C19H25N5O2S/c1-4-16-21-17(26-23-16)11-24(3)12(2)18(25)22-19-14(10-20)13-8-6-5-7-9-15(13)27-19/h12H,4-9,11H2,1-3H3,(H,22,25). The molecule has 0 aliphatic heterocycles. The van der Waals surface area contributed by atoms with Crippen molar-refractivity contribution in [2.24, 2.45) is 0 Å². The van der Waals surface area contributed by atoms with Gasteiger partial charge in [-0.25, -0.2) is 0 Å². The highest BCUT2D eigenvalue weighted by atomic mass is 32.1. The minimum absolute atomic E-state index is 0.138. The zero-order valence-electron chi connectivity index (χ0n) is 16.0. The highest BCUT2D eigenvalue weighted by Gasteiger charge is 2.25. The molecule has 1 N–H and O–H groups in total. The van der Waals surface area contributed by atoms with Crippen molar-refractivity contribution in [3.05, 3.63) is 27.7 Å². The number of fused-ring (bicyclic) bond motifs is 1. The van der Waals surface area contributed by atoms with Gasteiger partial charge < -0.3 is 9.84 Å². The summed E-state index contributed by atoms with van der Waals surface area (Å²) in [5, 5.41) is 17.1. The van der Waals surface area contributed by atoms with Crippen molar-refractivity contribution in [3.63, 3.8) is 0 Å². The second-order valence-corrected chi connectivity index (χ2v) is 8.02. The van der Waals surface area contributed by atoms with Crippen molar-refractivity contribution in [1.29, 1.82) is 5.26 Å². The molecule has 2 aromatic heterocycles. The lowest BCUT2D eigenvalue weighted by Crippen LogP contribution is -2.39. The van der Waals surface area contributed by atoms with E-state index in [2.05, 4.69) is 21.5 Å². The molecule has 7 nitrogen and oxygen atoms in total. The van der Waals surface area contributed by atoms with Crippen molar-refractivity contribution in [2.45, 2.75) is 65.0 Å². The molecule has 2 heterocycles. The number of aryl methyl sites for hydroxylation is 2.